The van der Waals surface area contributed by atoms with Gasteiger partial charge in [0, 0.05) is 23.9 Å². The summed E-state index contributed by atoms with van der Waals surface area (Å²) in [5, 5.41) is 9.83. The molecule has 0 aliphatic rings. The summed E-state index contributed by atoms with van der Waals surface area (Å²) in [6.07, 6.45) is 19.4. The van der Waals surface area contributed by atoms with Crippen LogP contribution in [0, 0.1) is 0 Å². The van der Waals surface area contributed by atoms with Crippen LogP contribution >= 0.6 is 0 Å². The molecule has 0 spiro atoms. The first-order chi connectivity index (χ1) is 16.4. The van der Waals surface area contributed by atoms with Gasteiger partial charge in [0.2, 0.25) is 15.7 Å². The van der Waals surface area contributed by atoms with Crippen LogP contribution in [0.15, 0.2) is 33.9 Å². The highest BCUT2D eigenvalue weighted by molar-refractivity contribution is 7.90. The number of carbonyl (C=O) groups is 1. The number of nitrogens with one attached hydrogen (secondary N) is 1. The summed E-state index contributed by atoms with van der Waals surface area (Å²) < 4.78 is 28.1. The lowest BCUT2D eigenvalue weighted by Crippen LogP contribution is -2.24. The Hall–Kier alpha value is -2.22. The van der Waals surface area contributed by atoms with Gasteiger partial charge in [-0.2, -0.15) is 0 Å². The van der Waals surface area contributed by atoms with E-state index >= 15 is 0 Å². The van der Waals surface area contributed by atoms with E-state index in [0.29, 0.717) is 17.7 Å². The molecule has 2 aromatic rings. The first kappa shape index (κ1) is 28.0. The van der Waals surface area contributed by atoms with Crippen LogP contribution in [0.3, 0.4) is 0 Å². The Morgan fingerprint density at radius 2 is 1.29 bits per heavy atom. The summed E-state index contributed by atoms with van der Waals surface area (Å²) in [7, 11) is -3.55. The smallest absolute Gasteiger partial charge is 0.335 e. The number of unbranched alkanes of at least 4 members (excludes halogenated alkanes) is 13. The highest BCUT2D eigenvalue weighted by Gasteiger charge is 2.17. The summed E-state index contributed by atoms with van der Waals surface area (Å²) in [5.41, 5.74) is 1.10. The molecule has 0 radical (unpaired) electrons. The van der Waals surface area contributed by atoms with Crippen LogP contribution in [-0.2, 0) is 9.84 Å². The second-order valence-corrected chi connectivity index (χ2v) is 11.0. The summed E-state index contributed by atoms with van der Waals surface area (Å²) in [4.78, 5) is 12.3. The SMILES string of the molecule is CCCCCCCCCCCCCCCCNC(=O)c1ccc(-c2nnc(S(C)(=O)=O)o2)cc1. The fraction of sp³-hybridized carbons (Fsp3) is 0.654. The Bertz CT molecular complexity index is 939. The predicted molar refractivity (Wildman–Crippen MR) is 135 cm³/mol. The summed E-state index contributed by atoms with van der Waals surface area (Å²) in [6, 6.07) is 6.67. The number of rotatable bonds is 18. The van der Waals surface area contributed by atoms with E-state index in [0.717, 1.165) is 19.1 Å². The topological polar surface area (TPSA) is 102 Å². The standard InChI is InChI=1S/C26H41N3O4S/c1-3-4-5-6-7-8-9-10-11-12-13-14-15-16-21-27-24(30)22-17-19-23(20-18-22)25-28-29-26(33-25)34(2,31)32/h17-20H,3-16,21H2,1-2H3,(H,27,30). The largest absolute Gasteiger partial charge is 0.408 e. The molecule has 0 saturated heterocycles. The van der Waals surface area contributed by atoms with E-state index in [1.54, 1.807) is 24.3 Å². The Kier molecular flexibility index (Phi) is 12.9. The Balaban J connectivity index is 1.51. The molecule has 8 heteroatoms. The molecule has 0 bridgehead atoms. The van der Waals surface area contributed by atoms with Crippen molar-refractivity contribution in [3.8, 4) is 11.5 Å². The minimum atomic E-state index is -3.55. The number of benzene rings is 1. The third-order valence-corrected chi connectivity index (χ3v) is 6.73. The van der Waals surface area contributed by atoms with Crippen LogP contribution in [0.2, 0.25) is 0 Å². The highest BCUT2D eigenvalue weighted by atomic mass is 32.2. The third-order valence-electron chi connectivity index (χ3n) is 5.93. The van der Waals surface area contributed by atoms with Gasteiger partial charge < -0.3 is 9.73 Å². The zero-order chi connectivity index (χ0) is 24.7. The summed E-state index contributed by atoms with van der Waals surface area (Å²) in [5.74, 6) is -0.0154. The molecule has 1 N–H and O–H groups in total. The first-order valence-corrected chi connectivity index (χ1v) is 14.7. The fourth-order valence-corrected chi connectivity index (χ4v) is 4.28. The maximum Gasteiger partial charge on any atom is 0.335 e. The minimum Gasteiger partial charge on any atom is -0.408 e. The van der Waals surface area contributed by atoms with Gasteiger partial charge in [-0.05, 0) is 30.7 Å². The van der Waals surface area contributed by atoms with Crippen LogP contribution < -0.4 is 5.32 Å². The number of aromatic nitrogens is 2. The van der Waals surface area contributed by atoms with E-state index in [-0.39, 0.29) is 11.8 Å². The van der Waals surface area contributed by atoms with E-state index in [1.165, 1.54) is 77.0 Å². The zero-order valence-corrected chi connectivity index (χ0v) is 21.7. The quantitative estimate of drug-likeness (QED) is 0.244. The van der Waals surface area contributed by atoms with Gasteiger partial charge in [-0.3, -0.25) is 4.79 Å². The van der Waals surface area contributed by atoms with Crippen molar-refractivity contribution in [3.63, 3.8) is 0 Å². The fourth-order valence-electron chi connectivity index (χ4n) is 3.86. The summed E-state index contributed by atoms with van der Waals surface area (Å²) in [6.45, 7) is 2.93. The maximum absolute atomic E-state index is 12.3. The molecule has 0 aliphatic heterocycles. The molecule has 34 heavy (non-hydrogen) atoms. The van der Waals surface area contributed by atoms with E-state index in [9.17, 15) is 13.2 Å². The number of hydrogen-bond acceptors (Lipinski definition) is 6. The maximum atomic E-state index is 12.3. The van der Waals surface area contributed by atoms with E-state index in [1.807, 2.05) is 0 Å². The molecule has 2 rings (SSSR count). The summed E-state index contributed by atoms with van der Waals surface area (Å²) >= 11 is 0. The van der Waals surface area contributed by atoms with Crippen molar-refractivity contribution >= 4 is 15.7 Å². The lowest BCUT2D eigenvalue weighted by molar-refractivity contribution is 0.0953. The van der Waals surface area contributed by atoms with Gasteiger partial charge in [-0.15, -0.1) is 5.10 Å². The van der Waals surface area contributed by atoms with E-state index in [4.69, 9.17) is 4.42 Å². The van der Waals surface area contributed by atoms with E-state index < -0.39 is 15.1 Å². The lowest BCUT2D eigenvalue weighted by atomic mass is 10.0. The first-order valence-electron chi connectivity index (χ1n) is 12.8. The molecule has 0 atom stereocenters. The van der Waals surface area contributed by atoms with Crippen molar-refractivity contribution in [2.75, 3.05) is 12.8 Å². The number of sulfone groups is 1. The van der Waals surface area contributed by atoms with Gasteiger partial charge in [-0.1, -0.05) is 95.5 Å². The second kappa shape index (κ2) is 15.6. The van der Waals surface area contributed by atoms with Gasteiger partial charge >= 0.3 is 5.22 Å². The van der Waals surface area contributed by atoms with Gasteiger partial charge in [0.1, 0.15) is 0 Å². The lowest BCUT2D eigenvalue weighted by Gasteiger charge is -2.06. The average molecular weight is 492 g/mol. The molecule has 1 amide bonds. The Morgan fingerprint density at radius 3 is 1.76 bits per heavy atom. The minimum absolute atomic E-state index is 0.106. The number of nitrogens with zero attached hydrogens (tertiary/aromatic N) is 2. The Morgan fingerprint density at radius 1 is 0.794 bits per heavy atom. The molecule has 0 saturated carbocycles. The molecular formula is C26H41N3O4S. The van der Waals surface area contributed by atoms with Gasteiger partial charge in [0.25, 0.3) is 5.91 Å². The number of hydrogen-bond donors (Lipinski definition) is 1. The molecule has 0 fully saturated rings. The van der Waals surface area contributed by atoms with Crippen molar-refractivity contribution in [1.82, 2.24) is 15.5 Å². The van der Waals surface area contributed by atoms with Crippen LogP contribution in [0.5, 0.6) is 0 Å². The van der Waals surface area contributed by atoms with Crippen LogP contribution in [-0.4, -0.2) is 37.3 Å². The van der Waals surface area contributed by atoms with Crippen molar-refractivity contribution in [2.24, 2.45) is 0 Å². The molecule has 7 nitrogen and oxygen atoms in total. The van der Waals surface area contributed by atoms with Crippen LogP contribution in [0.4, 0.5) is 0 Å². The third kappa shape index (κ3) is 10.8. The molecule has 190 valence electrons. The molecule has 1 aromatic heterocycles. The monoisotopic (exact) mass is 491 g/mol. The van der Waals surface area contributed by atoms with Gasteiger partial charge in [-0.25, -0.2) is 8.42 Å². The van der Waals surface area contributed by atoms with Crippen molar-refractivity contribution in [3.05, 3.63) is 29.8 Å². The predicted octanol–water partition coefficient (Wildman–Crippen LogP) is 6.35. The molecule has 0 unspecified atom stereocenters. The zero-order valence-electron chi connectivity index (χ0n) is 20.9. The molecule has 1 heterocycles. The van der Waals surface area contributed by atoms with Crippen molar-refractivity contribution < 1.29 is 17.6 Å². The number of amides is 1. The molecule has 1 aromatic carbocycles. The van der Waals surface area contributed by atoms with Crippen LogP contribution in [0.1, 0.15) is 107 Å². The normalized spacial score (nSPS) is 11.6. The van der Waals surface area contributed by atoms with Crippen molar-refractivity contribution in [2.45, 2.75) is 102 Å². The van der Waals surface area contributed by atoms with E-state index in [2.05, 4.69) is 22.4 Å². The molecular weight excluding hydrogens is 450 g/mol. The van der Waals surface area contributed by atoms with Gasteiger partial charge in [0.05, 0.1) is 0 Å². The van der Waals surface area contributed by atoms with Crippen LogP contribution in [0.25, 0.3) is 11.5 Å². The number of carbonyl (C=O) groups excluding carboxylic acids is 1. The second-order valence-electron chi connectivity index (χ2n) is 9.07. The highest BCUT2D eigenvalue weighted by Crippen LogP contribution is 2.20. The van der Waals surface area contributed by atoms with Gasteiger partial charge in [0.15, 0.2) is 0 Å². The Labute approximate surface area is 205 Å². The molecule has 0 aliphatic carbocycles. The average Bonchev–Trinajstić information content (AvgIpc) is 3.33. The van der Waals surface area contributed by atoms with Crippen molar-refractivity contribution in [1.29, 1.82) is 0 Å².